The Kier molecular flexibility index (Phi) is 5.99. The summed E-state index contributed by atoms with van der Waals surface area (Å²) >= 11 is 0. The van der Waals surface area contributed by atoms with Gasteiger partial charge in [0.05, 0.1) is 0 Å². The van der Waals surface area contributed by atoms with Gasteiger partial charge in [-0.2, -0.15) is 0 Å². The van der Waals surface area contributed by atoms with Crippen molar-refractivity contribution in [3.63, 3.8) is 0 Å². The zero-order chi connectivity index (χ0) is 11.2. The van der Waals surface area contributed by atoms with Crippen LogP contribution >= 0.6 is 8.25 Å². The van der Waals surface area contributed by atoms with E-state index in [4.69, 9.17) is 9.05 Å². The van der Waals surface area contributed by atoms with Gasteiger partial charge in [0.15, 0.2) is 0 Å². The summed E-state index contributed by atoms with van der Waals surface area (Å²) in [6, 6.07) is 17.9. The molecule has 1 radical (unpaired) electrons. The molecule has 0 saturated heterocycles. The summed E-state index contributed by atoms with van der Waals surface area (Å²) in [5.41, 5.74) is 0. The van der Waals surface area contributed by atoms with Gasteiger partial charge in [-0.1, -0.05) is 36.4 Å². The zero-order valence-electron chi connectivity index (χ0n) is 8.83. The SMILES string of the molecule is O=[PH](Oc1ccccc1)Oc1ccccc1.[Ir]. The number of para-hydroxylation sites is 2. The van der Waals surface area contributed by atoms with Crippen LogP contribution in [0.1, 0.15) is 0 Å². The quantitative estimate of drug-likeness (QED) is 0.702. The largest absolute Gasteiger partial charge is 0.418 e. The normalized spacial score (nSPS) is 9.47. The van der Waals surface area contributed by atoms with Crippen LogP contribution in [0.5, 0.6) is 11.5 Å². The van der Waals surface area contributed by atoms with Crippen molar-refractivity contribution < 1.29 is 33.7 Å². The molecule has 0 aliphatic carbocycles. The molecule has 0 aliphatic rings. The Bertz CT molecular complexity index is 418. The van der Waals surface area contributed by atoms with Crippen molar-refractivity contribution in [1.82, 2.24) is 0 Å². The first-order chi connectivity index (χ1) is 7.84. The second kappa shape index (κ2) is 7.29. The Labute approximate surface area is 114 Å². The molecule has 0 heterocycles. The Morgan fingerprint density at radius 1 is 0.706 bits per heavy atom. The summed E-state index contributed by atoms with van der Waals surface area (Å²) in [6.07, 6.45) is 0. The van der Waals surface area contributed by atoms with Gasteiger partial charge >= 0.3 is 8.25 Å². The standard InChI is InChI=1S/C12H11O3P.Ir/c13-16(14-11-7-3-1-4-8-11)15-12-9-5-2-6-10-12;/h1-10,16H;. The van der Waals surface area contributed by atoms with Crippen molar-refractivity contribution in [2.24, 2.45) is 0 Å². The molecule has 0 aromatic heterocycles. The van der Waals surface area contributed by atoms with E-state index in [1.54, 1.807) is 24.3 Å². The summed E-state index contributed by atoms with van der Waals surface area (Å²) < 4.78 is 21.8. The fraction of sp³-hybridized carbons (Fsp3) is 0. The minimum Gasteiger partial charge on any atom is -0.418 e. The molecule has 3 nitrogen and oxygen atoms in total. The van der Waals surface area contributed by atoms with Crippen molar-refractivity contribution >= 4 is 8.25 Å². The van der Waals surface area contributed by atoms with Gasteiger partial charge < -0.3 is 9.05 Å². The summed E-state index contributed by atoms with van der Waals surface area (Å²) in [7, 11) is -2.54. The summed E-state index contributed by atoms with van der Waals surface area (Å²) in [4.78, 5) is 0. The summed E-state index contributed by atoms with van der Waals surface area (Å²) in [6.45, 7) is 0. The number of benzene rings is 2. The van der Waals surface area contributed by atoms with Crippen molar-refractivity contribution in [3.05, 3.63) is 60.7 Å². The number of hydrogen-bond donors (Lipinski definition) is 0. The monoisotopic (exact) mass is 427 g/mol. The molecule has 0 saturated carbocycles. The van der Waals surface area contributed by atoms with Gasteiger partial charge in [0, 0.05) is 20.1 Å². The molecular formula is C12H11IrO3P. The number of rotatable bonds is 4. The van der Waals surface area contributed by atoms with Crippen LogP contribution in [-0.4, -0.2) is 0 Å². The van der Waals surface area contributed by atoms with Crippen LogP contribution in [0.2, 0.25) is 0 Å². The Balaban J connectivity index is 0.00000144. The smallest absolute Gasteiger partial charge is 0.418 e. The number of hydrogen-bond acceptors (Lipinski definition) is 3. The molecule has 0 fully saturated rings. The van der Waals surface area contributed by atoms with Gasteiger partial charge in [0.2, 0.25) is 0 Å². The topological polar surface area (TPSA) is 35.5 Å². The third-order valence-electron chi connectivity index (χ3n) is 1.89. The third-order valence-corrected chi connectivity index (χ3v) is 2.69. The molecular weight excluding hydrogens is 415 g/mol. The van der Waals surface area contributed by atoms with Gasteiger partial charge in [-0.15, -0.1) is 0 Å². The molecule has 0 aliphatic heterocycles. The van der Waals surface area contributed by atoms with Gasteiger partial charge in [0.1, 0.15) is 11.5 Å². The molecule has 0 unspecified atom stereocenters. The van der Waals surface area contributed by atoms with Crippen LogP contribution in [0.3, 0.4) is 0 Å². The molecule has 17 heavy (non-hydrogen) atoms. The van der Waals surface area contributed by atoms with Crippen LogP contribution in [0, 0.1) is 0 Å². The molecule has 0 N–H and O–H groups in total. The first-order valence-corrected chi connectivity index (χ1v) is 6.07. The van der Waals surface area contributed by atoms with E-state index < -0.39 is 8.25 Å². The fourth-order valence-corrected chi connectivity index (χ4v) is 1.89. The fourth-order valence-electron chi connectivity index (χ4n) is 1.19. The molecule has 2 aromatic carbocycles. The minimum atomic E-state index is -2.54. The molecule has 91 valence electrons. The van der Waals surface area contributed by atoms with Crippen molar-refractivity contribution in [2.75, 3.05) is 0 Å². The third kappa shape index (κ3) is 4.74. The zero-order valence-corrected chi connectivity index (χ0v) is 12.2. The van der Waals surface area contributed by atoms with E-state index in [1.165, 1.54) is 0 Å². The van der Waals surface area contributed by atoms with Crippen molar-refractivity contribution in [2.45, 2.75) is 0 Å². The van der Waals surface area contributed by atoms with Crippen LogP contribution in [0.25, 0.3) is 0 Å². The van der Waals surface area contributed by atoms with E-state index in [1.807, 2.05) is 36.4 Å². The van der Waals surface area contributed by atoms with Gasteiger partial charge in [-0.05, 0) is 24.3 Å². The van der Waals surface area contributed by atoms with Crippen LogP contribution in [0.15, 0.2) is 60.7 Å². The van der Waals surface area contributed by atoms with Crippen LogP contribution < -0.4 is 9.05 Å². The maximum atomic E-state index is 11.5. The van der Waals surface area contributed by atoms with E-state index in [0.29, 0.717) is 11.5 Å². The minimum absolute atomic E-state index is 0. The molecule has 2 aromatic rings. The first-order valence-electron chi connectivity index (χ1n) is 4.84. The molecule has 0 amide bonds. The predicted octanol–water partition coefficient (Wildman–Crippen LogP) is 3.53. The molecule has 5 heteroatoms. The average Bonchev–Trinajstić information content (AvgIpc) is 2.31. The molecule has 0 spiro atoms. The summed E-state index contributed by atoms with van der Waals surface area (Å²) in [5.74, 6) is 1.09. The summed E-state index contributed by atoms with van der Waals surface area (Å²) in [5, 5.41) is 0. The van der Waals surface area contributed by atoms with E-state index in [-0.39, 0.29) is 20.1 Å². The van der Waals surface area contributed by atoms with Crippen LogP contribution in [-0.2, 0) is 24.7 Å². The predicted molar refractivity (Wildman–Crippen MR) is 63.1 cm³/mol. The molecule has 0 bridgehead atoms. The second-order valence-corrected chi connectivity index (χ2v) is 3.99. The maximum absolute atomic E-state index is 11.5. The molecule has 0 atom stereocenters. The molecule has 2 rings (SSSR count). The van der Waals surface area contributed by atoms with Crippen LogP contribution in [0.4, 0.5) is 0 Å². The van der Waals surface area contributed by atoms with Gasteiger partial charge in [-0.3, -0.25) is 0 Å². The second-order valence-electron chi connectivity index (χ2n) is 3.08. The van der Waals surface area contributed by atoms with Crippen molar-refractivity contribution in [1.29, 1.82) is 0 Å². The van der Waals surface area contributed by atoms with Gasteiger partial charge in [-0.25, -0.2) is 4.57 Å². The first kappa shape index (κ1) is 14.0. The Morgan fingerprint density at radius 2 is 1.06 bits per heavy atom. The van der Waals surface area contributed by atoms with E-state index in [0.717, 1.165) is 0 Å². The Hall–Kier alpha value is -1.08. The maximum Gasteiger partial charge on any atom is 0.418 e. The van der Waals surface area contributed by atoms with Gasteiger partial charge in [0.25, 0.3) is 0 Å². The van der Waals surface area contributed by atoms with Crippen molar-refractivity contribution in [3.8, 4) is 11.5 Å². The Morgan fingerprint density at radius 3 is 1.41 bits per heavy atom. The van der Waals surface area contributed by atoms with E-state index >= 15 is 0 Å². The average molecular weight is 426 g/mol. The van der Waals surface area contributed by atoms with E-state index in [2.05, 4.69) is 0 Å². The van der Waals surface area contributed by atoms with E-state index in [9.17, 15) is 4.57 Å².